The Hall–Kier alpha value is -2.19. The van der Waals surface area contributed by atoms with Gasteiger partial charge in [-0.1, -0.05) is 6.07 Å². The van der Waals surface area contributed by atoms with Crippen LogP contribution in [0, 0.1) is 25.6 Å². The number of benzene rings is 1. The number of aromatic nitrogens is 1. The van der Waals surface area contributed by atoms with Crippen molar-refractivity contribution >= 4 is 28.2 Å². The van der Waals surface area contributed by atoms with Crippen molar-refractivity contribution in [3.63, 3.8) is 0 Å². The monoisotopic (exact) mass is 379 g/mol. The fraction of sp³-hybridized carbons (Fsp3) is 0.389. The lowest BCUT2D eigenvalue weighted by atomic mass is 10.2. The molecule has 0 saturated heterocycles. The Balaban J connectivity index is 1.96. The molecule has 1 aromatic carbocycles. The van der Waals surface area contributed by atoms with Crippen LogP contribution >= 0.6 is 0 Å². The zero-order valence-electron chi connectivity index (χ0n) is 14.9. The van der Waals surface area contributed by atoms with Crippen LogP contribution in [0.15, 0.2) is 29.1 Å². The molecule has 1 aliphatic carbocycles. The average molecular weight is 379 g/mol. The van der Waals surface area contributed by atoms with Crippen molar-refractivity contribution < 1.29 is 13.7 Å². The van der Waals surface area contributed by atoms with E-state index in [1.165, 1.54) is 10.6 Å². The fourth-order valence-corrected chi connectivity index (χ4v) is 4.21. The van der Waals surface area contributed by atoms with Gasteiger partial charge in [-0.3, -0.25) is 9.36 Å². The largest absolute Gasteiger partial charge is 0.396 e. The zero-order valence-corrected chi connectivity index (χ0v) is 15.7. The highest BCUT2D eigenvalue weighted by molar-refractivity contribution is 7.87. The number of halogens is 1. The van der Waals surface area contributed by atoms with E-state index in [2.05, 4.69) is 10.0 Å². The minimum absolute atomic E-state index is 0.00404. The van der Waals surface area contributed by atoms with Gasteiger partial charge in [-0.2, -0.15) is 0 Å². The van der Waals surface area contributed by atoms with Gasteiger partial charge in [0.25, 0.3) is 5.56 Å². The van der Waals surface area contributed by atoms with Crippen LogP contribution in [0.2, 0.25) is 0 Å². The highest BCUT2D eigenvalue weighted by Gasteiger charge is 2.42. The number of hydrogen-bond donors (Lipinski definition) is 3. The van der Waals surface area contributed by atoms with Gasteiger partial charge in [0.15, 0.2) is 0 Å². The number of nitrogens with one attached hydrogen (secondary N) is 2. The molecule has 6 nitrogen and oxygen atoms in total. The molecule has 0 radical (unpaired) electrons. The van der Waals surface area contributed by atoms with E-state index >= 15 is 0 Å². The third kappa shape index (κ3) is 3.66. The molecule has 8 heteroatoms. The van der Waals surface area contributed by atoms with E-state index < -0.39 is 16.8 Å². The summed E-state index contributed by atoms with van der Waals surface area (Å²) in [5.74, 6) is -0.0755. The molecule has 3 rings (SSSR count). The molecule has 0 bridgehead atoms. The predicted molar refractivity (Wildman–Crippen MR) is 102 cm³/mol. The number of anilines is 3. The predicted octanol–water partition coefficient (Wildman–Crippen LogP) is 2.34. The van der Waals surface area contributed by atoms with Gasteiger partial charge in [-0.05, 0) is 49.9 Å². The molecule has 3 unspecified atom stereocenters. The minimum atomic E-state index is -1.40. The summed E-state index contributed by atoms with van der Waals surface area (Å²) in [6.07, 6.45) is 0.691. The fourth-order valence-electron chi connectivity index (χ4n) is 2.83. The number of aliphatic hydroxyl groups is 1. The molecule has 0 spiro atoms. The molecule has 3 N–H and O–H groups in total. The average Bonchev–Trinajstić information content (AvgIpc) is 3.38. The maximum atomic E-state index is 14.2. The van der Waals surface area contributed by atoms with Crippen molar-refractivity contribution in [1.29, 1.82) is 0 Å². The Kier molecular flexibility index (Phi) is 5.15. The van der Waals surface area contributed by atoms with E-state index in [1.807, 2.05) is 0 Å². The number of rotatable bonds is 6. The van der Waals surface area contributed by atoms with Crippen LogP contribution < -0.4 is 15.6 Å². The van der Waals surface area contributed by atoms with Crippen LogP contribution in [0.1, 0.15) is 17.5 Å². The Labute approximate surface area is 153 Å². The molecule has 1 aliphatic rings. The second-order valence-corrected chi connectivity index (χ2v) is 8.08. The number of pyridine rings is 1. The molecule has 140 valence electrons. The second kappa shape index (κ2) is 7.20. The highest BCUT2D eigenvalue weighted by atomic mass is 32.2. The number of aliphatic hydroxyl groups excluding tert-OH is 1. The summed E-state index contributed by atoms with van der Waals surface area (Å²) in [6.45, 7) is 3.46. The van der Waals surface area contributed by atoms with Crippen LogP contribution in [0.4, 0.5) is 21.6 Å². The lowest BCUT2D eigenvalue weighted by Gasteiger charge is -2.18. The summed E-state index contributed by atoms with van der Waals surface area (Å²) in [5, 5.41) is 12.0. The molecule has 1 saturated carbocycles. The van der Waals surface area contributed by atoms with Gasteiger partial charge in [0.2, 0.25) is 0 Å². The van der Waals surface area contributed by atoms with E-state index in [0.717, 1.165) is 5.56 Å². The lowest BCUT2D eigenvalue weighted by molar-refractivity contribution is 0.277. The Morgan fingerprint density at radius 1 is 1.31 bits per heavy atom. The standard InChI is InChI=1S/C18H22FN3O3S/c1-10-4-5-14(13(19)6-10)20-17-15(7-11(2)18(24)22(17)3)21-26(25)16-8-12(16)9-23/h4-7,12,16,20-21,23H,8-9H2,1-3H3. The minimum Gasteiger partial charge on any atom is -0.396 e. The first-order chi connectivity index (χ1) is 12.3. The maximum absolute atomic E-state index is 14.2. The van der Waals surface area contributed by atoms with Crippen molar-refractivity contribution in [3.05, 3.63) is 51.6 Å². The van der Waals surface area contributed by atoms with E-state index in [1.54, 1.807) is 39.1 Å². The number of hydrogen-bond acceptors (Lipinski definition) is 4. The van der Waals surface area contributed by atoms with E-state index in [0.29, 0.717) is 23.5 Å². The van der Waals surface area contributed by atoms with Crippen LogP contribution in [-0.4, -0.2) is 25.7 Å². The summed E-state index contributed by atoms with van der Waals surface area (Å²) in [7, 11) is 0.174. The molecule has 1 aromatic heterocycles. The second-order valence-electron chi connectivity index (χ2n) is 6.68. The molecular formula is C18H22FN3O3S. The van der Waals surface area contributed by atoms with Crippen LogP contribution in [0.25, 0.3) is 0 Å². The van der Waals surface area contributed by atoms with Gasteiger partial charge in [-0.15, -0.1) is 0 Å². The quantitative estimate of drug-likeness (QED) is 0.719. The third-order valence-electron chi connectivity index (χ3n) is 4.55. The number of nitrogens with zero attached hydrogens (tertiary/aromatic N) is 1. The Bertz CT molecular complexity index is 929. The SMILES string of the molecule is Cc1ccc(Nc2c(NS(=O)C3CC3CO)cc(C)c(=O)n2C)c(F)c1. The summed E-state index contributed by atoms with van der Waals surface area (Å²) in [4.78, 5) is 12.3. The van der Waals surface area contributed by atoms with Crippen LogP contribution in [-0.2, 0) is 18.0 Å². The molecule has 2 aromatic rings. The zero-order chi connectivity index (χ0) is 19.0. The molecule has 1 heterocycles. The maximum Gasteiger partial charge on any atom is 0.254 e. The summed E-state index contributed by atoms with van der Waals surface area (Å²) in [6, 6.07) is 6.36. The van der Waals surface area contributed by atoms with E-state index in [4.69, 9.17) is 5.11 Å². The van der Waals surface area contributed by atoms with Gasteiger partial charge in [0.05, 0.1) is 16.6 Å². The molecule has 1 fully saturated rings. The van der Waals surface area contributed by atoms with E-state index in [9.17, 15) is 13.4 Å². The van der Waals surface area contributed by atoms with Crippen molar-refractivity contribution in [2.45, 2.75) is 25.5 Å². The molecule has 3 atom stereocenters. The summed E-state index contributed by atoms with van der Waals surface area (Å²) in [5.41, 5.74) is 1.72. The summed E-state index contributed by atoms with van der Waals surface area (Å²) < 4.78 is 31.0. The Morgan fingerprint density at radius 2 is 2.04 bits per heavy atom. The third-order valence-corrected chi connectivity index (χ3v) is 6.10. The first kappa shape index (κ1) is 18.6. The first-order valence-corrected chi connectivity index (χ1v) is 9.55. The normalized spacial score (nSPS) is 19.9. The van der Waals surface area contributed by atoms with Gasteiger partial charge < -0.3 is 15.1 Å². The molecule has 0 amide bonds. The van der Waals surface area contributed by atoms with Crippen molar-refractivity contribution in [1.82, 2.24) is 4.57 Å². The van der Waals surface area contributed by atoms with Crippen molar-refractivity contribution in [2.75, 3.05) is 16.6 Å². The first-order valence-electron chi connectivity index (χ1n) is 8.33. The smallest absolute Gasteiger partial charge is 0.254 e. The van der Waals surface area contributed by atoms with Gasteiger partial charge in [0, 0.05) is 19.2 Å². The van der Waals surface area contributed by atoms with E-state index in [-0.39, 0.29) is 29.0 Å². The van der Waals surface area contributed by atoms with Crippen LogP contribution in [0.3, 0.4) is 0 Å². The number of aryl methyl sites for hydroxylation is 2. The van der Waals surface area contributed by atoms with Crippen molar-refractivity contribution in [3.8, 4) is 0 Å². The molecule has 0 aliphatic heterocycles. The Morgan fingerprint density at radius 3 is 2.65 bits per heavy atom. The van der Waals surface area contributed by atoms with Crippen LogP contribution in [0.5, 0.6) is 0 Å². The summed E-state index contributed by atoms with van der Waals surface area (Å²) >= 11 is 0. The highest BCUT2D eigenvalue weighted by Crippen LogP contribution is 2.36. The van der Waals surface area contributed by atoms with Crippen molar-refractivity contribution in [2.24, 2.45) is 13.0 Å². The molecule has 26 heavy (non-hydrogen) atoms. The topological polar surface area (TPSA) is 83.4 Å². The lowest BCUT2D eigenvalue weighted by Crippen LogP contribution is -2.24. The van der Waals surface area contributed by atoms with Gasteiger partial charge in [0.1, 0.15) is 22.6 Å². The molecular weight excluding hydrogens is 357 g/mol. The van der Waals surface area contributed by atoms with Gasteiger partial charge in [-0.25, -0.2) is 8.60 Å². The van der Waals surface area contributed by atoms with Gasteiger partial charge >= 0.3 is 0 Å².